The van der Waals surface area contributed by atoms with Crippen molar-refractivity contribution in [1.82, 2.24) is 0 Å². The number of rotatable bonds is 5. The fourth-order valence-electron chi connectivity index (χ4n) is 4.53. The van der Waals surface area contributed by atoms with Gasteiger partial charge in [0.25, 0.3) is 0 Å². The molecule has 0 aliphatic heterocycles. The highest BCUT2D eigenvalue weighted by Gasteiger charge is 2.54. The maximum Gasteiger partial charge on any atom is 0.0861 e. The van der Waals surface area contributed by atoms with Crippen LogP contribution in [0.5, 0.6) is 0 Å². The van der Waals surface area contributed by atoms with Gasteiger partial charge in [-0.1, -0.05) is 30.7 Å². The lowest BCUT2D eigenvalue weighted by molar-refractivity contribution is -0.0131. The van der Waals surface area contributed by atoms with E-state index < -0.39 is 6.10 Å². The molecule has 0 radical (unpaired) electrons. The summed E-state index contributed by atoms with van der Waals surface area (Å²) in [5.74, 6) is 1.37. The number of hydrogen-bond acceptors (Lipinski definition) is 3. The fourth-order valence-corrected chi connectivity index (χ4v) is 4.53. The Hall–Kier alpha value is -0.900. The van der Waals surface area contributed by atoms with Gasteiger partial charge in [0, 0.05) is 19.1 Å². The average Bonchev–Trinajstić information content (AvgIpc) is 3.08. The van der Waals surface area contributed by atoms with Gasteiger partial charge in [0.05, 0.1) is 12.7 Å². The second-order valence-electron chi connectivity index (χ2n) is 6.60. The van der Waals surface area contributed by atoms with Gasteiger partial charge >= 0.3 is 0 Å². The van der Waals surface area contributed by atoms with E-state index in [9.17, 15) is 5.11 Å². The van der Waals surface area contributed by atoms with Gasteiger partial charge < -0.3 is 15.6 Å². The van der Waals surface area contributed by atoms with Crippen LogP contribution in [0.2, 0.25) is 0 Å². The van der Waals surface area contributed by atoms with Crippen LogP contribution in [0.4, 0.5) is 0 Å². The normalized spacial score (nSPS) is 33.5. The van der Waals surface area contributed by atoms with Gasteiger partial charge in [0.15, 0.2) is 0 Å². The Morgan fingerprint density at radius 1 is 1.45 bits per heavy atom. The maximum atomic E-state index is 11.0. The lowest BCUT2D eigenvalue weighted by Crippen LogP contribution is -2.41. The summed E-state index contributed by atoms with van der Waals surface area (Å²) in [6.45, 7) is 1.17. The van der Waals surface area contributed by atoms with Crippen molar-refractivity contribution in [2.24, 2.45) is 23.0 Å². The Labute approximate surface area is 121 Å². The van der Waals surface area contributed by atoms with Crippen LogP contribution in [0.1, 0.15) is 42.9 Å². The smallest absolute Gasteiger partial charge is 0.0861 e. The molecule has 1 aromatic carbocycles. The van der Waals surface area contributed by atoms with Crippen LogP contribution in [-0.2, 0) is 11.3 Å². The van der Waals surface area contributed by atoms with Gasteiger partial charge in [-0.15, -0.1) is 0 Å². The molecule has 0 spiro atoms. The third-order valence-corrected chi connectivity index (χ3v) is 5.53. The molecule has 1 aromatic rings. The summed E-state index contributed by atoms with van der Waals surface area (Å²) in [6, 6.07) is 8.13. The van der Waals surface area contributed by atoms with Crippen LogP contribution in [0.3, 0.4) is 0 Å². The van der Waals surface area contributed by atoms with Crippen molar-refractivity contribution in [2.45, 2.75) is 38.4 Å². The molecule has 20 heavy (non-hydrogen) atoms. The van der Waals surface area contributed by atoms with E-state index in [1.807, 2.05) is 18.2 Å². The molecular formula is C17H25NO2. The van der Waals surface area contributed by atoms with Gasteiger partial charge in [-0.3, -0.25) is 0 Å². The summed E-state index contributed by atoms with van der Waals surface area (Å²) in [5.41, 5.74) is 8.11. The first kappa shape index (κ1) is 14.1. The van der Waals surface area contributed by atoms with E-state index in [0.29, 0.717) is 19.1 Å². The predicted octanol–water partition coefficient (Wildman–Crippen LogP) is 2.63. The van der Waals surface area contributed by atoms with Gasteiger partial charge in [-0.25, -0.2) is 0 Å². The minimum Gasteiger partial charge on any atom is -0.388 e. The van der Waals surface area contributed by atoms with Gasteiger partial charge in [-0.05, 0) is 42.2 Å². The molecule has 2 fully saturated rings. The highest BCUT2D eigenvalue weighted by molar-refractivity contribution is 5.27. The largest absolute Gasteiger partial charge is 0.388 e. The highest BCUT2D eigenvalue weighted by Crippen LogP contribution is 2.60. The fraction of sp³-hybridized carbons (Fsp3) is 0.647. The molecule has 2 saturated carbocycles. The third-order valence-electron chi connectivity index (χ3n) is 5.53. The number of aliphatic hydroxyl groups is 1. The highest BCUT2D eigenvalue weighted by atomic mass is 16.5. The average molecular weight is 275 g/mol. The Morgan fingerprint density at radius 3 is 2.90 bits per heavy atom. The summed E-state index contributed by atoms with van der Waals surface area (Å²) in [5, 5.41) is 11.0. The Morgan fingerprint density at radius 2 is 2.30 bits per heavy atom. The summed E-state index contributed by atoms with van der Waals surface area (Å²) in [6.07, 6.45) is 4.45. The number of nitrogens with two attached hydrogens (primary N) is 1. The molecule has 3 nitrogen and oxygen atoms in total. The standard InChI is InChI=1S/C17H25NO2/c1-20-10-13-3-2-4-14(7-13)16(19)17(11-18)9-12-5-6-15(17)8-12/h2-4,7,12,15-16,19H,5-6,8-11,18H2,1H3. The first-order chi connectivity index (χ1) is 9.69. The second-order valence-corrected chi connectivity index (χ2v) is 6.60. The van der Waals surface area contributed by atoms with E-state index in [1.165, 1.54) is 19.3 Å². The maximum absolute atomic E-state index is 11.0. The van der Waals surface area contributed by atoms with Crippen molar-refractivity contribution < 1.29 is 9.84 Å². The molecule has 3 rings (SSSR count). The molecule has 0 amide bonds. The van der Waals surface area contributed by atoms with Crippen LogP contribution in [0.25, 0.3) is 0 Å². The first-order valence-corrected chi connectivity index (χ1v) is 7.65. The predicted molar refractivity (Wildman–Crippen MR) is 79.1 cm³/mol. The van der Waals surface area contributed by atoms with Crippen LogP contribution in [0, 0.1) is 17.3 Å². The van der Waals surface area contributed by atoms with Crippen molar-refractivity contribution in [3.05, 3.63) is 35.4 Å². The van der Waals surface area contributed by atoms with E-state index in [0.717, 1.165) is 23.5 Å². The Balaban J connectivity index is 1.87. The van der Waals surface area contributed by atoms with Crippen molar-refractivity contribution in [3.63, 3.8) is 0 Å². The van der Waals surface area contributed by atoms with Gasteiger partial charge in [-0.2, -0.15) is 0 Å². The van der Waals surface area contributed by atoms with E-state index in [4.69, 9.17) is 10.5 Å². The van der Waals surface area contributed by atoms with E-state index in [2.05, 4.69) is 6.07 Å². The first-order valence-electron chi connectivity index (χ1n) is 7.65. The van der Waals surface area contributed by atoms with Crippen LogP contribution in [0.15, 0.2) is 24.3 Å². The van der Waals surface area contributed by atoms with Crippen LogP contribution < -0.4 is 5.73 Å². The molecule has 3 N–H and O–H groups in total. The number of aliphatic hydroxyl groups excluding tert-OH is 1. The quantitative estimate of drug-likeness (QED) is 0.868. The van der Waals surface area contributed by atoms with Gasteiger partial charge in [0.1, 0.15) is 0 Å². The lowest BCUT2D eigenvalue weighted by atomic mass is 9.67. The Kier molecular flexibility index (Phi) is 3.85. The monoisotopic (exact) mass is 275 g/mol. The van der Waals surface area contributed by atoms with Crippen molar-refractivity contribution >= 4 is 0 Å². The van der Waals surface area contributed by atoms with E-state index in [1.54, 1.807) is 7.11 Å². The molecule has 0 heterocycles. The second kappa shape index (κ2) is 5.47. The number of ether oxygens (including phenoxy) is 1. The number of benzene rings is 1. The van der Waals surface area contributed by atoms with Crippen molar-refractivity contribution in [3.8, 4) is 0 Å². The SMILES string of the molecule is COCc1cccc(C(O)C2(CN)CC3CCC2C3)c1. The summed E-state index contributed by atoms with van der Waals surface area (Å²) in [4.78, 5) is 0. The van der Waals surface area contributed by atoms with E-state index in [-0.39, 0.29) is 5.41 Å². The number of hydrogen-bond donors (Lipinski definition) is 2. The number of methoxy groups -OCH3 is 1. The molecular weight excluding hydrogens is 250 g/mol. The zero-order valence-electron chi connectivity index (χ0n) is 12.2. The minimum absolute atomic E-state index is 0.103. The molecule has 0 aromatic heterocycles. The van der Waals surface area contributed by atoms with Gasteiger partial charge in [0.2, 0.25) is 0 Å². The van der Waals surface area contributed by atoms with Crippen molar-refractivity contribution in [2.75, 3.05) is 13.7 Å². The lowest BCUT2D eigenvalue weighted by Gasteiger charge is -2.41. The number of fused-ring (bicyclic) bond motifs is 2. The summed E-state index contributed by atoms with van der Waals surface area (Å²) >= 11 is 0. The summed E-state index contributed by atoms with van der Waals surface area (Å²) < 4.78 is 5.18. The summed E-state index contributed by atoms with van der Waals surface area (Å²) in [7, 11) is 1.69. The Bertz CT molecular complexity index is 476. The molecule has 4 unspecified atom stereocenters. The van der Waals surface area contributed by atoms with E-state index >= 15 is 0 Å². The van der Waals surface area contributed by atoms with Crippen LogP contribution in [-0.4, -0.2) is 18.8 Å². The zero-order valence-corrected chi connectivity index (χ0v) is 12.2. The molecule has 0 saturated heterocycles. The molecule has 110 valence electrons. The molecule has 2 aliphatic carbocycles. The molecule has 2 bridgehead atoms. The zero-order chi connectivity index (χ0) is 14.2. The molecule has 3 heteroatoms. The minimum atomic E-state index is -0.445. The topological polar surface area (TPSA) is 55.5 Å². The molecule has 4 atom stereocenters. The molecule has 2 aliphatic rings. The van der Waals surface area contributed by atoms with Crippen molar-refractivity contribution in [1.29, 1.82) is 0 Å². The third kappa shape index (κ3) is 2.18. The van der Waals surface area contributed by atoms with Crippen LogP contribution >= 0.6 is 0 Å².